The second-order valence-electron chi connectivity index (χ2n) is 4.51. The van der Waals surface area contributed by atoms with Crippen LogP contribution in [0.1, 0.15) is 19.4 Å². The van der Waals surface area contributed by atoms with Crippen molar-refractivity contribution in [3.63, 3.8) is 0 Å². The Morgan fingerprint density at radius 3 is 2.48 bits per heavy atom. The number of aryl methyl sites for hydroxylation is 1. The third kappa shape index (κ3) is 6.07. The lowest BCUT2D eigenvalue weighted by atomic mass is 10.2. The zero-order valence-electron chi connectivity index (χ0n) is 13.3. The Balaban J connectivity index is 3.02. The summed E-state index contributed by atoms with van der Waals surface area (Å²) in [7, 11) is -3.85. The minimum absolute atomic E-state index is 0.0625. The van der Waals surface area contributed by atoms with Gasteiger partial charge in [0.05, 0.1) is 11.5 Å². The Labute approximate surface area is 136 Å². The van der Waals surface area contributed by atoms with Crippen molar-refractivity contribution in [3.8, 4) is 0 Å². The lowest BCUT2D eigenvalue weighted by Gasteiger charge is -2.05. The number of nitrogens with one attached hydrogen (secondary N) is 1. The summed E-state index contributed by atoms with van der Waals surface area (Å²) < 4.78 is 29.1. The molecule has 1 rings (SSSR count). The number of nitrogens with zero attached hydrogens (tertiary/aromatic N) is 1. The molecule has 1 N–H and O–H groups in total. The maximum Gasteiger partial charge on any atom is 0.358 e. The van der Waals surface area contributed by atoms with Crippen LogP contribution in [0.5, 0.6) is 0 Å². The molecule has 6 nitrogen and oxygen atoms in total. The maximum atomic E-state index is 12.1. The molecule has 124 valence electrons. The molecule has 0 atom stereocenters. The highest BCUT2D eigenvalue weighted by Gasteiger charge is 2.15. The van der Waals surface area contributed by atoms with Crippen molar-refractivity contribution in [2.24, 2.45) is 5.10 Å². The molecule has 0 heterocycles. The molecule has 0 saturated carbocycles. The number of hydrogen-bond acceptors (Lipinski definition) is 5. The first kappa shape index (κ1) is 18.6. The first-order chi connectivity index (χ1) is 10.9. The van der Waals surface area contributed by atoms with E-state index >= 15 is 0 Å². The van der Waals surface area contributed by atoms with Gasteiger partial charge in [-0.2, -0.15) is 18.4 Å². The summed E-state index contributed by atoms with van der Waals surface area (Å²) >= 11 is 0. The van der Waals surface area contributed by atoms with Gasteiger partial charge in [0.1, 0.15) is 0 Å². The number of carbonyl (C=O) groups is 1. The molecule has 0 radical (unpaired) electrons. The van der Waals surface area contributed by atoms with Crippen LogP contribution in [0.25, 0.3) is 0 Å². The van der Waals surface area contributed by atoms with E-state index in [1.165, 1.54) is 18.2 Å². The Kier molecular flexibility index (Phi) is 7.21. The summed E-state index contributed by atoms with van der Waals surface area (Å²) in [5.41, 5.74) is 0.801. The van der Waals surface area contributed by atoms with Crippen LogP contribution < -0.4 is 4.83 Å². The number of rotatable bonds is 7. The Bertz CT molecular complexity index is 717. The molecule has 0 aromatic heterocycles. The number of benzene rings is 1. The number of esters is 1. The van der Waals surface area contributed by atoms with Crippen LogP contribution in [-0.2, 0) is 19.6 Å². The van der Waals surface area contributed by atoms with Crippen LogP contribution in [0.15, 0.2) is 58.6 Å². The molecule has 0 spiro atoms. The van der Waals surface area contributed by atoms with Crippen LogP contribution in [0, 0.1) is 6.92 Å². The van der Waals surface area contributed by atoms with E-state index in [4.69, 9.17) is 4.74 Å². The van der Waals surface area contributed by atoms with E-state index in [2.05, 4.69) is 5.10 Å². The fourth-order valence-corrected chi connectivity index (χ4v) is 2.31. The van der Waals surface area contributed by atoms with Crippen molar-refractivity contribution in [3.05, 3.63) is 54.1 Å². The standard InChI is InChI=1S/C16H20N2O4S/c1-4-6-7-8-15(16(19)22-5-2)17-18-23(20,21)14-11-9-13(3)10-12-14/h4,6-12,18H,5H2,1-3H3/b6-4+,8-7+,17-15+. The molecular weight excluding hydrogens is 316 g/mol. The minimum Gasteiger partial charge on any atom is -0.461 e. The fraction of sp³-hybridized carbons (Fsp3) is 0.250. The van der Waals surface area contributed by atoms with E-state index in [1.54, 1.807) is 37.3 Å². The van der Waals surface area contributed by atoms with Gasteiger partial charge < -0.3 is 4.74 Å². The van der Waals surface area contributed by atoms with Gasteiger partial charge in [-0.1, -0.05) is 35.9 Å². The number of hydrazone groups is 1. The third-order valence-electron chi connectivity index (χ3n) is 2.66. The largest absolute Gasteiger partial charge is 0.461 e. The maximum absolute atomic E-state index is 12.1. The van der Waals surface area contributed by atoms with Gasteiger partial charge in [0.15, 0.2) is 5.71 Å². The highest BCUT2D eigenvalue weighted by molar-refractivity contribution is 7.89. The van der Waals surface area contributed by atoms with Crippen LogP contribution in [0.3, 0.4) is 0 Å². The zero-order valence-corrected chi connectivity index (χ0v) is 14.1. The van der Waals surface area contributed by atoms with E-state index in [0.29, 0.717) is 0 Å². The second kappa shape index (κ2) is 8.89. The molecule has 23 heavy (non-hydrogen) atoms. The molecule has 0 aliphatic carbocycles. The Morgan fingerprint density at radius 1 is 1.26 bits per heavy atom. The predicted molar refractivity (Wildman–Crippen MR) is 89.5 cm³/mol. The van der Waals surface area contributed by atoms with E-state index in [1.807, 2.05) is 18.7 Å². The summed E-state index contributed by atoms with van der Waals surface area (Å²) in [6, 6.07) is 6.28. The monoisotopic (exact) mass is 336 g/mol. The van der Waals surface area contributed by atoms with Crippen LogP contribution in [0.2, 0.25) is 0 Å². The highest BCUT2D eigenvalue weighted by atomic mass is 32.2. The van der Waals surface area contributed by atoms with Gasteiger partial charge in [0, 0.05) is 0 Å². The van der Waals surface area contributed by atoms with Gasteiger partial charge in [-0.25, -0.2) is 4.79 Å². The average molecular weight is 336 g/mol. The smallest absolute Gasteiger partial charge is 0.358 e. The van der Waals surface area contributed by atoms with E-state index in [-0.39, 0.29) is 17.2 Å². The minimum atomic E-state index is -3.85. The lowest BCUT2D eigenvalue weighted by molar-refractivity contribution is -0.134. The van der Waals surface area contributed by atoms with Gasteiger partial charge in [0.25, 0.3) is 10.0 Å². The molecule has 0 bridgehead atoms. The molecule has 1 aromatic carbocycles. The third-order valence-corrected chi connectivity index (χ3v) is 3.88. The van der Waals surface area contributed by atoms with Crippen molar-refractivity contribution < 1.29 is 17.9 Å². The first-order valence-electron chi connectivity index (χ1n) is 7.03. The van der Waals surface area contributed by atoms with Gasteiger partial charge in [0.2, 0.25) is 0 Å². The number of ether oxygens (including phenoxy) is 1. The molecule has 0 aliphatic heterocycles. The summed E-state index contributed by atoms with van der Waals surface area (Å²) in [6.07, 6.45) is 6.38. The molecule has 0 aliphatic rings. The quantitative estimate of drug-likeness (QED) is 0.358. The average Bonchev–Trinajstić information content (AvgIpc) is 2.51. The Hall–Kier alpha value is -2.41. The first-order valence-corrected chi connectivity index (χ1v) is 8.51. The molecule has 0 amide bonds. The summed E-state index contributed by atoms with van der Waals surface area (Å²) in [5.74, 6) is -0.708. The predicted octanol–water partition coefficient (Wildman–Crippen LogP) is 2.32. The molecule has 0 unspecified atom stereocenters. The Morgan fingerprint density at radius 2 is 1.91 bits per heavy atom. The van der Waals surface area contributed by atoms with E-state index in [9.17, 15) is 13.2 Å². The van der Waals surface area contributed by atoms with Crippen LogP contribution in [0.4, 0.5) is 0 Å². The van der Waals surface area contributed by atoms with Crippen molar-refractivity contribution in [2.45, 2.75) is 25.7 Å². The zero-order chi connectivity index (χ0) is 17.3. The molecule has 0 fully saturated rings. The molecule has 0 saturated heterocycles. The van der Waals surface area contributed by atoms with Crippen molar-refractivity contribution in [1.29, 1.82) is 0 Å². The van der Waals surface area contributed by atoms with Crippen LogP contribution in [-0.4, -0.2) is 26.7 Å². The number of sulfonamides is 1. The van der Waals surface area contributed by atoms with Crippen molar-refractivity contribution >= 4 is 21.7 Å². The molecule has 1 aromatic rings. The number of hydrogen-bond donors (Lipinski definition) is 1. The van der Waals surface area contributed by atoms with Crippen molar-refractivity contribution in [2.75, 3.05) is 6.61 Å². The molecular formula is C16H20N2O4S. The normalized spacial score (nSPS) is 12.7. The van der Waals surface area contributed by atoms with Crippen molar-refractivity contribution in [1.82, 2.24) is 4.83 Å². The van der Waals surface area contributed by atoms with Gasteiger partial charge in [-0.15, -0.1) is 0 Å². The van der Waals surface area contributed by atoms with E-state index < -0.39 is 16.0 Å². The SMILES string of the molecule is C/C=C/C=C/C(=N\NS(=O)(=O)c1ccc(C)cc1)C(=O)OCC. The van der Waals surface area contributed by atoms with Gasteiger partial charge in [-0.3, -0.25) is 0 Å². The summed E-state index contributed by atoms with van der Waals surface area (Å²) in [5, 5.41) is 3.67. The topological polar surface area (TPSA) is 84.8 Å². The van der Waals surface area contributed by atoms with Gasteiger partial charge in [-0.05, 0) is 39.0 Å². The highest BCUT2D eigenvalue weighted by Crippen LogP contribution is 2.09. The number of allylic oxidation sites excluding steroid dienone is 3. The van der Waals surface area contributed by atoms with Crippen LogP contribution >= 0.6 is 0 Å². The number of carbonyl (C=O) groups excluding carboxylic acids is 1. The fourth-order valence-electron chi connectivity index (χ4n) is 1.49. The summed E-state index contributed by atoms with van der Waals surface area (Å²) in [6.45, 7) is 5.49. The van der Waals surface area contributed by atoms with E-state index in [0.717, 1.165) is 5.56 Å². The van der Waals surface area contributed by atoms with Gasteiger partial charge >= 0.3 is 5.97 Å². The second-order valence-corrected chi connectivity index (χ2v) is 6.17. The molecule has 7 heteroatoms. The lowest BCUT2D eigenvalue weighted by Crippen LogP contribution is -2.24. The summed E-state index contributed by atoms with van der Waals surface area (Å²) in [4.78, 5) is 13.9.